The van der Waals surface area contributed by atoms with Gasteiger partial charge in [0.05, 0.1) is 11.9 Å². The number of guanidine groups is 1. The molecular formula is C16H28IN7O. The van der Waals surface area contributed by atoms with Crippen LogP contribution in [0.25, 0.3) is 0 Å². The second-order valence-corrected chi connectivity index (χ2v) is 6.68. The number of halogens is 1. The summed E-state index contributed by atoms with van der Waals surface area (Å²) in [5.41, 5.74) is 0.860. The molecule has 3 heterocycles. The Morgan fingerprint density at radius 1 is 1.36 bits per heavy atom. The number of hydrogen-bond donors (Lipinski definition) is 1. The number of carbonyl (C=O) groups excluding carboxylic acids is 1. The highest BCUT2D eigenvalue weighted by Gasteiger charge is 2.28. The van der Waals surface area contributed by atoms with Crippen molar-refractivity contribution in [3.63, 3.8) is 0 Å². The molecule has 1 N–H and O–H groups in total. The minimum Gasteiger partial charge on any atom is -0.356 e. The maximum absolute atomic E-state index is 12.5. The molecule has 0 aromatic carbocycles. The van der Waals surface area contributed by atoms with Gasteiger partial charge in [-0.1, -0.05) is 0 Å². The molecule has 9 heteroatoms. The SMILES string of the molecule is CN=C(NCC1CCN(C)C1)N1CCN(c2cnn(C)c2)C(=O)C1.I. The van der Waals surface area contributed by atoms with E-state index in [2.05, 4.69) is 27.4 Å². The zero-order valence-electron chi connectivity index (χ0n) is 15.2. The Bertz CT molecular complexity index is 617. The van der Waals surface area contributed by atoms with E-state index in [1.807, 2.05) is 18.1 Å². The molecule has 1 atom stereocenters. The van der Waals surface area contributed by atoms with Gasteiger partial charge in [-0.15, -0.1) is 24.0 Å². The van der Waals surface area contributed by atoms with E-state index in [1.165, 1.54) is 6.42 Å². The van der Waals surface area contributed by atoms with Crippen molar-refractivity contribution in [3.8, 4) is 0 Å². The monoisotopic (exact) mass is 461 g/mol. The van der Waals surface area contributed by atoms with E-state index in [0.717, 1.165) is 37.8 Å². The van der Waals surface area contributed by atoms with Gasteiger partial charge in [0.15, 0.2) is 5.96 Å². The van der Waals surface area contributed by atoms with Crippen molar-refractivity contribution >= 4 is 41.5 Å². The number of likely N-dealkylation sites (tertiary alicyclic amines) is 1. The fourth-order valence-electron chi connectivity index (χ4n) is 3.44. The predicted molar refractivity (Wildman–Crippen MR) is 110 cm³/mol. The number of hydrogen-bond acceptors (Lipinski definition) is 4. The normalized spacial score (nSPS) is 22.3. The molecule has 8 nitrogen and oxygen atoms in total. The molecule has 1 amide bonds. The van der Waals surface area contributed by atoms with Crippen molar-refractivity contribution in [3.05, 3.63) is 12.4 Å². The molecule has 3 rings (SSSR count). The molecule has 0 bridgehead atoms. The highest BCUT2D eigenvalue weighted by atomic mass is 127. The first kappa shape index (κ1) is 20.0. The smallest absolute Gasteiger partial charge is 0.246 e. The van der Waals surface area contributed by atoms with Crippen LogP contribution in [0.5, 0.6) is 0 Å². The number of anilines is 1. The van der Waals surface area contributed by atoms with Crippen LogP contribution in [0.15, 0.2) is 17.4 Å². The number of amides is 1. The molecule has 1 aromatic heterocycles. The zero-order chi connectivity index (χ0) is 17.1. The third-order valence-electron chi connectivity index (χ3n) is 4.77. The van der Waals surface area contributed by atoms with E-state index in [0.29, 0.717) is 19.0 Å². The van der Waals surface area contributed by atoms with Crippen LogP contribution in [0.4, 0.5) is 5.69 Å². The van der Waals surface area contributed by atoms with Crippen molar-refractivity contribution in [1.82, 2.24) is 24.9 Å². The summed E-state index contributed by atoms with van der Waals surface area (Å²) in [6, 6.07) is 0. The van der Waals surface area contributed by atoms with E-state index in [1.54, 1.807) is 22.8 Å². The number of aliphatic imine (C=N–C) groups is 1. The minimum atomic E-state index is 0. The van der Waals surface area contributed by atoms with Gasteiger partial charge in [-0.2, -0.15) is 5.10 Å². The van der Waals surface area contributed by atoms with Crippen LogP contribution in [0.2, 0.25) is 0 Å². The number of aromatic nitrogens is 2. The molecule has 0 radical (unpaired) electrons. The second-order valence-electron chi connectivity index (χ2n) is 6.68. The zero-order valence-corrected chi connectivity index (χ0v) is 17.5. The summed E-state index contributed by atoms with van der Waals surface area (Å²) in [6.45, 7) is 4.96. The van der Waals surface area contributed by atoms with Gasteiger partial charge < -0.3 is 20.0 Å². The summed E-state index contributed by atoms with van der Waals surface area (Å²) in [5.74, 6) is 1.56. The fraction of sp³-hybridized carbons (Fsp3) is 0.688. The van der Waals surface area contributed by atoms with Gasteiger partial charge in [-0.3, -0.25) is 14.5 Å². The van der Waals surface area contributed by atoms with E-state index in [4.69, 9.17) is 0 Å². The molecular weight excluding hydrogens is 433 g/mol. The van der Waals surface area contributed by atoms with Crippen LogP contribution < -0.4 is 10.2 Å². The standard InChI is InChI=1S/C16H27N7O.HI/c1-17-16(18-8-13-4-5-20(2)10-13)22-6-7-23(15(24)12-22)14-9-19-21(3)11-14;/h9,11,13H,4-8,10,12H2,1-3H3,(H,17,18);1H. The van der Waals surface area contributed by atoms with Crippen LogP contribution in [0.3, 0.4) is 0 Å². The van der Waals surface area contributed by atoms with Crippen LogP contribution in [-0.4, -0.2) is 84.8 Å². The van der Waals surface area contributed by atoms with Gasteiger partial charge in [0.25, 0.3) is 0 Å². The number of aryl methyl sites for hydroxylation is 1. The molecule has 2 aliphatic heterocycles. The highest BCUT2D eigenvalue weighted by molar-refractivity contribution is 14.0. The number of rotatable bonds is 3. The lowest BCUT2D eigenvalue weighted by atomic mass is 10.1. The lowest BCUT2D eigenvalue weighted by molar-refractivity contribution is -0.120. The maximum Gasteiger partial charge on any atom is 0.246 e. The number of piperazine rings is 1. The van der Waals surface area contributed by atoms with Gasteiger partial charge in [0.2, 0.25) is 5.91 Å². The Morgan fingerprint density at radius 2 is 2.16 bits per heavy atom. The quantitative estimate of drug-likeness (QED) is 0.396. The molecule has 0 saturated carbocycles. The number of nitrogens with one attached hydrogen (secondary N) is 1. The molecule has 2 saturated heterocycles. The topological polar surface area (TPSA) is 69.0 Å². The number of nitrogens with zero attached hydrogens (tertiary/aromatic N) is 6. The lowest BCUT2D eigenvalue weighted by Gasteiger charge is -2.35. The van der Waals surface area contributed by atoms with E-state index in [-0.39, 0.29) is 29.9 Å². The Morgan fingerprint density at radius 3 is 2.72 bits per heavy atom. The molecule has 140 valence electrons. The van der Waals surface area contributed by atoms with E-state index >= 15 is 0 Å². The molecule has 25 heavy (non-hydrogen) atoms. The van der Waals surface area contributed by atoms with Crippen molar-refractivity contribution in [2.75, 3.05) is 58.3 Å². The Hall–Kier alpha value is -1.36. The van der Waals surface area contributed by atoms with Gasteiger partial charge in [0.1, 0.15) is 6.54 Å². The summed E-state index contributed by atoms with van der Waals surface area (Å²) >= 11 is 0. The lowest BCUT2D eigenvalue weighted by Crippen LogP contribution is -2.55. The minimum absolute atomic E-state index is 0. The predicted octanol–water partition coefficient (Wildman–Crippen LogP) is 0.214. The van der Waals surface area contributed by atoms with Crippen molar-refractivity contribution in [2.24, 2.45) is 18.0 Å². The van der Waals surface area contributed by atoms with Crippen molar-refractivity contribution in [1.29, 1.82) is 0 Å². The molecule has 2 aliphatic rings. The van der Waals surface area contributed by atoms with Crippen LogP contribution >= 0.6 is 24.0 Å². The largest absolute Gasteiger partial charge is 0.356 e. The third kappa shape index (κ3) is 4.84. The van der Waals surface area contributed by atoms with Crippen LogP contribution in [0.1, 0.15) is 6.42 Å². The Kier molecular flexibility index (Phi) is 7.05. The molecule has 0 spiro atoms. The maximum atomic E-state index is 12.5. The molecule has 0 aliphatic carbocycles. The third-order valence-corrected chi connectivity index (χ3v) is 4.77. The summed E-state index contributed by atoms with van der Waals surface area (Å²) in [6.07, 6.45) is 4.82. The first-order chi connectivity index (χ1) is 11.6. The van der Waals surface area contributed by atoms with E-state index in [9.17, 15) is 4.79 Å². The average Bonchev–Trinajstić information content (AvgIpc) is 3.16. The fourth-order valence-corrected chi connectivity index (χ4v) is 3.44. The first-order valence-corrected chi connectivity index (χ1v) is 8.50. The number of carbonyl (C=O) groups is 1. The second kappa shape index (κ2) is 8.84. The molecule has 1 unspecified atom stereocenters. The van der Waals surface area contributed by atoms with E-state index < -0.39 is 0 Å². The molecule has 1 aromatic rings. The van der Waals surface area contributed by atoms with Gasteiger partial charge in [-0.25, -0.2) is 0 Å². The Labute approximate surface area is 166 Å². The van der Waals surface area contributed by atoms with Gasteiger partial charge >= 0.3 is 0 Å². The van der Waals surface area contributed by atoms with Gasteiger partial charge in [0, 0.05) is 46.5 Å². The van der Waals surface area contributed by atoms with Gasteiger partial charge in [-0.05, 0) is 25.9 Å². The average molecular weight is 461 g/mol. The van der Waals surface area contributed by atoms with Crippen LogP contribution in [-0.2, 0) is 11.8 Å². The Balaban J connectivity index is 0.00000225. The molecule has 2 fully saturated rings. The summed E-state index contributed by atoms with van der Waals surface area (Å²) in [7, 11) is 5.79. The van der Waals surface area contributed by atoms with Crippen LogP contribution in [0, 0.1) is 5.92 Å². The highest BCUT2D eigenvalue weighted by Crippen LogP contribution is 2.16. The van der Waals surface area contributed by atoms with Crippen molar-refractivity contribution < 1.29 is 4.79 Å². The van der Waals surface area contributed by atoms with Crippen molar-refractivity contribution in [2.45, 2.75) is 6.42 Å². The summed E-state index contributed by atoms with van der Waals surface area (Å²) in [5, 5.41) is 7.59. The summed E-state index contributed by atoms with van der Waals surface area (Å²) < 4.78 is 1.72. The summed E-state index contributed by atoms with van der Waals surface area (Å²) in [4.78, 5) is 23.0. The first-order valence-electron chi connectivity index (χ1n) is 8.50.